The Kier molecular flexibility index (Phi) is 4.06. The molecule has 114 valence electrons. The van der Waals surface area contributed by atoms with Crippen molar-refractivity contribution in [2.45, 2.75) is 26.8 Å². The summed E-state index contributed by atoms with van der Waals surface area (Å²) in [6, 6.07) is 2.86. The lowest BCUT2D eigenvalue weighted by Gasteiger charge is -2.20. The highest BCUT2D eigenvalue weighted by Gasteiger charge is 2.27. The lowest BCUT2D eigenvalue weighted by atomic mass is 10.0. The number of hydrogen-bond donors (Lipinski definition) is 1. The Balaban J connectivity index is 2.74. The molecule has 0 aliphatic carbocycles. The van der Waals surface area contributed by atoms with Gasteiger partial charge in [0.2, 0.25) is 0 Å². The number of ether oxygens (including phenoxy) is 2. The minimum Gasteiger partial charge on any atom is -0.493 e. The smallest absolute Gasteiger partial charge is 0.327 e. The van der Waals surface area contributed by atoms with Crippen LogP contribution in [0.3, 0.4) is 0 Å². The highest BCUT2D eigenvalue weighted by molar-refractivity contribution is 5.83. The van der Waals surface area contributed by atoms with Gasteiger partial charge in [-0.1, -0.05) is 13.8 Å². The van der Waals surface area contributed by atoms with E-state index >= 15 is 0 Å². The molecule has 1 aromatic heterocycles. The summed E-state index contributed by atoms with van der Waals surface area (Å²) in [7, 11) is 3.11. The lowest BCUT2D eigenvalue weighted by Crippen LogP contribution is -2.25. The lowest BCUT2D eigenvalue weighted by molar-refractivity contribution is -0.142. The fourth-order valence-electron chi connectivity index (χ4n) is 2.59. The molecule has 0 saturated carbocycles. The van der Waals surface area contributed by atoms with E-state index in [1.54, 1.807) is 37.8 Å². The molecule has 0 amide bonds. The van der Waals surface area contributed by atoms with Gasteiger partial charge in [-0.15, -0.1) is 0 Å². The predicted molar refractivity (Wildman–Crippen MR) is 79.1 cm³/mol. The van der Waals surface area contributed by atoms with Crippen molar-refractivity contribution in [2.24, 2.45) is 5.92 Å². The van der Waals surface area contributed by atoms with Crippen LogP contribution in [0.15, 0.2) is 12.1 Å². The fraction of sp³-hybridized carbons (Fsp3) is 0.467. The van der Waals surface area contributed by atoms with E-state index < -0.39 is 12.0 Å². The third-order valence-corrected chi connectivity index (χ3v) is 3.53. The largest absolute Gasteiger partial charge is 0.493 e. The van der Waals surface area contributed by atoms with Crippen LogP contribution in [-0.2, 0) is 4.79 Å². The highest BCUT2D eigenvalue weighted by Crippen LogP contribution is 2.34. The van der Waals surface area contributed by atoms with E-state index in [2.05, 4.69) is 4.98 Å². The number of aryl methyl sites for hydroxylation is 1. The van der Waals surface area contributed by atoms with Crippen molar-refractivity contribution in [3.05, 3.63) is 18.0 Å². The van der Waals surface area contributed by atoms with Crippen LogP contribution in [0, 0.1) is 12.8 Å². The molecule has 0 radical (unpaired) electrons. The molecule has 0 fully saturated rings. The van der Waals surface area contributed by atoms with E-state index in [-0.39, 0.29) is 5.92 Å². The highest BCUT2D eigenvalue weighted by atomic mass is 16.5. The van der Waals surface area contributed by atoms with Gasteiger partial charge < -0.3 is 19.1 Å². The van der Waals surface area contributed by atoms with Gasteiger partial charge in [0.1, 0.15) is 11.9 Å². The molecular weight excluding hydrogens is 272 g/mol. The van der Waals surface area contributed by atoms with Crippen LogP contribution in [-0.4, -0.2) is 34.8 Å². The molecule has 0 aliphatic heterocycles. The molecule has 1 heterocycles. The number of carboxylic acids is 1. The molecule has 1 atom stereocenters. The van der Waals surface area contributed by atoms with E-state index in [4.69, 9.17) is 9.47 Å². The number of methoxy groups -OCH3 is 2. The van der Waals surface area contributed by atoms with E-state index in [0.717, 1.165) is 5.52 Å². The van der Waals surface area contributed by atoms with Crippen LogP contribution < -0.4 is 9.47 Å². The van der Waals surface area contributed by atoms with Crippen LogP contribution in [0.4, 0.5) is 0 Å². The van der Waals surface area contributed by atoms with Gasteiger partial charge in [-0.25, -0.2) is 9.78 Å². The number of imidazole rings is 1. The van der Waals surface area contributed by atoms with Crippen LogP contribution in [0.25, 0.3) is 11.0 Å². The number of rotatable bonds is 5. The van der Waals surface area contributed by atoms with Gasteiger partial charge in [-0.05, 0) is 12.8 Å². The first-order chi connectivity index (χ1) is 9.90. The summed E-state index contributed by atoms with van der Waals surface area (Å²) < 4.78 is 12.3. The predicted octanol–water partition coefficient (Wildman–Crippen LogP) is 2.64. The topological polar surface area (TPSA) is 73.6 Å². The van der Waals surface area contributed by atoms with Gasteiger partial charge in [0.05, 0.1) is 25.3 Å². The van der Waals surface area contributed by atoms with Crippen LogP contribution in [0.2, 0.25) is 0 Å². The number of benzene rings is 1. The van der Waals surface area contributed by atoms with E-state index in [9.17, 15) is 9.90 Å². The maximum Gasteiger partial charge on any atom is 0.327 e. The van der Waals surface area contributed by atoms with E-state index in [0.29, 0.717) is 22.8 Å². The van der Waals surface area contributed by atoms with Crippen molar-refractivity contribution in [1.29, 1.82) is 0 Å². The van der Waals surface area contributed by atoms with Crippen molar-refractivity contribution < 1.29 is 19.4 Å². The summed E-state index contributed by atoms with van der Waals surface area (Å²) >= 11 is 0. The standard InChI is InChI=1S/C15H20N2O4/c1-8(2)14(15(18)19)17-9(3)16-10-6-12(20-4)13(21-5)7-11(10)17/h6-8,14H,1-5H3,(H,18,19). The van der Waals surface area contributed by atoms with Gasteiger partial charge in [-0.2, -0.15) is 0 Å². The second kappa shape index (κ2) is 5.63. The Hall–Kier alpha value is -2.24. The summed E-state index contributed by atoms with van der Waals surface area (Å²) in [5.74, 6) is 0.848. The van der Waals surface area contributed by atoms with Crippen molar-refractivity contribution in [3.63, 3.8) is 0 Å². The number of nitrogens with zero attached hydrogens (tertiary/aromatic N) is 2. The number of carboxylic acid groups (broad SMARTS) is 1. The van der Waals surface area contributed by atoms with Gasteiger partial charge in [0.15, 0.2) is 11.5 Å². The first-order valence-corrected chi connectivity index (χ1v) is 6.74. The minimum atomic E-state index is -0.873. The average molecular weight is 292 g/mol. The van der Waals surface area contributed by atoms with Crippen molar-refractivity contribution >= 4 is 17.0 Å². The number of aromatic nitrogens is 2. The van der Waals surface area contributed by atoms with E-state index in [1.807, 2.05) is 13.8 Å². The maximum atomic E-state index is 11.6. The average Bonchev–Trinajstić information content (AvgIpc) is 2.72. The molecule has 6 nitrogen and oxygen atoms in total. The first-order valence-electron chi connectivity index (χ1n) is 6.74. The van der Waals surface area contributed by atoms with Crippen molar-refractivity contribution in [1.82, 2.24) is 9.55 Å². The Morgan fingerprint density at radius 2 is 1.81 bits per heavy atom. The van der Waals surface area contributed by atoms with Crippen LogP contribution >= 0.6 is 0 Å². The third kappa shape index (κ3) is 2.53. The molecule has 21 heavy (non-hydrogen) atoms. The van der Waals surface area contributed by atoms with Crippen LogP contribution in [0.1, 0.15) is 25.7 Å². The molecule has 0 aliphatic rings. The molecule has 0 bridgehead atoms. The molecule has 6 heteroatoms. The second-order valence-corrected chi connectivity index (χ2v) is 5.25. The molecule has 2 aromatic rings. The summed E-state index contributed by atoms with van der Waals surface area (Å²) in [5, 5.41) is 9.52. The summed E-state index contributed by atoms with van der Waals surface area (Å²) in [4.78, 5) is 16.1. The number of hydrogen-bond acceptors (Lipinski definition) is 4. The molecule has 2 rings (SSSR count). The number of carbonyl (C=O) groups is 1. The summed E-state index contributed by atoms with van der Waals surface area (Å²) in [5.41, 5.74) is 1.42. The van der Waals surface area contributed by atoms with Gasteiger partial charge >= 0.3 is 5.97 Å². The zero-order valence-electron chi connectivity index (χ0n) is 12.9. The Morgan fingerprint density at radius 1 is 1.24 bits per heavy atom. The summed E-state index contributed by atoms with van der Waals surface area (Å²) in [6.45, 7) is 5.56. The molecule has 1 N–H and O–H groups in total. The number of fused-ring (bicyclic) bond motifs is 1. The van der Waals surface area contributed by atoms with Crippen molar-refractivity contribution in [2.75, 3.05) is 14.2 Å². The van der Waals surface area contributed by atoms with Gasteiger partial charge in [0, 0.05) is 12.1 Å². The molecule has 0 spiro atoms. The zero-order chi connectivity index (χ0) is 15.7. The van der Waals surface area contributed by atoms with Gasteiger partial charge in [-0.3, -0.25) is 0 Å². The molecular formula is C15H20N2O4. The van der Waals surface area contributed by atoms with E-state index in [1.165, 1.54) is 0 Å². The minimum absolute atomic E-state index is 0.0632. The van der Waals surface area contributed by atoms with Crippen LogP contribution in [0.5, 0.6) is 11.5 Å². The quantitative estimate of drug-likeness (QED) is 0.917. The number of aliphatic carboxylic acids is 1. The molecule has 1 unspecified atom stereocenters. The Labute approximate surface area is 123 Å². The maximum absolute atomic E-state index is 11.6. The fourth-order valence-corrected chi connectivity index (χ4v) is 2.59. The second-order valence-electron chi connectivity index (χ2n) is 5.25. The molecule has 1 aromatic carbocycles. The SMILES string of the molecule is COc1cc2nc(C)n(C(C(=O)O)C(C)C)c2cc1OC. The Bertz CT molecular complexity index is 676. The first kappa shape index (κ1) is 15.2. The normalized spacial score (nSPS) is 12.7. The van der Waals surface area contributed by atoms with Gasteiger partial charge in [0.25, 0.3) is 0 Å². The zero-order valence-corrected chi connectivity index (χ0v) is 12.9. The summed E-state index contributed by atoms with van der Waals surface area (Å²) in [6.07, 6.45) is 0. The monoisotopic (exact) mass is 292 g/mol. The molecule has 0 saturated heterocycles. The third-order valence-electron chi connectivity index (χ3n) is 3.53. The van der Waals surface area contributed by atoms with Crippen molar-refractivity contribution in [3.8, 4) is 11.5 Å². The Morgan fingerprint density at radius 3 is 2.29 bits per heavy atom.